The fourth-order valence-corrected chi connectivity index (χ4v) is 11.9. The Morgan fingerprint density at radius 3 is 2.13 bits per heavy atom. The standard InChI is InChI=1S/C36H58O9/c1-19-10-13-32(3)16-17-33(4)21(26(32)20(19)2)11-14-34(5)23(33)8-9-24-35(34,6)15-12-25(36(24,7)31(43)44)45-30(42)29(41)28(40)27(39)22(38)18-37/h11,19-20,22-29,37-41H,8-10,12-18H2,1-7H3,(H,43,44)/t19?,20?,22-,23?,24?,25?,26?,27+,28+,29-,32?,33?,34?,35?,36?/m1/s1. The summed E-state index contributed by atoms with van der Waals surface area (Å²) in [5, 5.41) is 60.3. The molecule has 0 bridgehead atoms. The molecule has 9 heteroatoms. The van der Waals surface area contributed by atoms with E-state index in [1.165, 1.54) is 19.3 Å². The predicted octanol–water partition coefficient (Wildman–Crippen LogP) is 4.08. The highest BCUT2D eigenvalue weighted by molar-refractivity contribution is 5.79. The minimum Gasteiger partial charge on any atom is -0.481 e. The van der Waals surface area contributed by atoms with Crippen molar-refractivity contribution in [3.8, 4) is 0 Å². The first-order valence-electron chi connectivity index (χ1n) is 17.3. The molecule has 0 amide bonds. The van der Waals surface area contributed by atoms with Gasteiger partial charge in [-0.2, -0.15) is 0 Å². The topological polar surface area (TPSA) is 165 Å². The number of rotatable bonds is 7. The lowest BCUT2D eigenvalue weighted by atomic mass is 9.33. The summed E-state index contributed by atoms with van der Waals surface area (Å²) in [5.74, 6) is -0.285. The number of esters is 1. The van der Waals surface area contributed by atoms with Crippen molar-refractivity contribution in [1.29, 1.82) is 0 Å². The van der Waals surface area contributed by atoms with Crippen molar-refractivity contribution in [2.75, 3.05) is 6.61 Å². The largest absolute Gasteiger partial charge is 0.481 e. The van der Waals surface area contributed by atoms with Crippen molar-refractivity contribution < 1.29 is 45.0 Å². The van der Waals surface area contributed by atoms with Crippen LogP contribution in [0.15, 0.2) is 11.6 Å². The van der Waals surface area contributed by atoms with Crippen LogP contribution in [0, 0.1) is 56.7 Å². The molecule has 0 radical (unpaired) electrons. The molecule has 0 saturated heterocycles. The van der Waals surface area contributed by atoms with Crippen LogP contribution in [0.3, 0.4) is 0 Å². The van der Waals surface area contributed by atoms with E-state index in [1.807, 2.05) is 0 Å². The van der Waals surface area contributed by atoms with Gasteiger partial charge in [0.05, 0.1) is 6.61 Å². The average molecular weight is 635 g/mol. The highest BCUT2D eigenvalue weighted by Crippen LogP contribution is 2.75. The van der Waals surface area contributed by atoms with Crippen molar-refractivity contribution >= 4 is 11.9 Å². The number of carboxylic acid groups (broad SMARTS) is 1. The fourth-order valence-electron chi connectivity index (χ4n) is 11.9. The fraction of sp³-hybridized carbons (Fsp3) is 0.889. The highest BCUT2D eigenvalue weighted by atomic mass is 16.6. The molecular weight excluding hydrogens is 576 g/mol. The maximum Gasteiger partial charge on any atom is 0.338 e. The van der Waals surface area contributed by atoms with Gasteiger partial charge in [-0.3, -0.25) is 4.79 Å². The van der Waals surface area contributed by atoms with Crippen LogP contribution in [0.4, 0.5) is 0 Å². The Labute approximate surface area is 268 Å². The Morgan fingerprint density at radius 1 is 0.867 bits per heavy atom. The third kappa shape index (κ3) is 4.88. The number of allylic oxidation sites excluding steroid dienone is 2. The summed E-state index contributed by atoms with van der Waals surface area (Å²) < 4.78 is 5.68. The van der Waals surface area contributed by atoms with Gasteiger partial charge in [-0.15, -0.1) is 0 Å². The molecule has 9 nitrogen and oxygen atoms in total. The molecule has 0 aromatic heterocycles. The van der Waals surface area contributed by atoms with Gasteiger partial charge in [0.25, 0.3) is 0 Å². The number of hydrogen-bond donors (Lipinski definition) is 6. The number of carbonyl (C=O) groups is 2. The summed E-state index contributed by atoms with van der Waals surface area (Å²) >= 11 is 0. The number of carbonyl (C=O) groups excluding carboxylic acids is 1. The number of aliphatic carboxylic acids is 1. The number of ether oxygens (including phenoxy) is 1. The van der Waals surface area contributed by atoms with Crippen molar-refractivity contribution in [3.05, 3.63) is 11.6 Å². The predicted molar refractivity (Wildman–Crippen MR) is 168 cm³/mol. The van der Waals surface area contributed by atoms with Gasteiger partial charge >= 0.3 is 11.9 Å². The second-order valence-electron chi connectivity index (χ2n) is 17.0. The van der Waals surface area contributed by atoms with Crippen LogP contribution < -0.4 is 0 Å². The maximum absolute atomic E-state index is 13.2. The van der Waals surface area contributed by atoms with E-state index in [9.17, 15) is 35.1 Å². The zero-order valence-electron chi connectivity index (χ0n) is 28.3. The second kappa shape index (κ2) is 11.6. The van der Waals surface area contributed by atoms with Crippen LogP contribution in [0.5, 0.6) is 0 Å². The Hall–Kier alpha value is -1.52. The zero-order valence-corrected chi connectivity index (χ0v) is 28.3. The van der Waals surface area contributed by atoms with Crippen LogP contribution in [-0.2, 0) is 14.3 Å². The van der Waals surface area contributed by atoms with Gasteiger partial charge in [-0.05, 0) is 116 Å². The summed E-state index contributed by atoms with van der Waals surface area (Å²) in [6, 6.07) is 0. The van der Waals surface area contributed by atoms with E-state index in [-0.39, 0.29) is 28.6 Å². The Bertz CT molecular complexity index is 1200. The molecule has 0 spiro atoms. The van der Waals surface area contributed by atoms with Gasteiger partial charge in [0, 0.05) is 0 Å². The molecule has 4 saturated carbocycles. The van der Waals surface area contributed by atoms with Crippen molar-refractivity contribution in [2.45, 2.75) is 137 Å². The van der Waals surface area contributed by atoms with E-state index in [2.05, 4.69) is 47.6 Å². The zero-order chi connectivity index (χ0) is 33.5. The van der Waals surface area contributed by atoms with Gasteiger partial charge in [-0.25, -0.2) is 4.79 Å². The SMILES string of the molecule is CC1CCC2(C)CCC3(C)C(=CCC4(C)C3CCC3C(C)(C(=O)O)C(OC(=O)[C@H](O)[C@@H](O)[C@@H](O)[C@H](O)CO)CCC34C)C2C1C. The lowest BCUT2D eigenvalue weighted by Gasteiger charge is -2.71. The monoisotopic (exact) mass is 634 g/mol. The number of hydrogen-bond acceptors (Lipinski definition) is 8. The van der Waals surface area contributed by atoms with Crippen molar-refractivity contribution in [3.63, 3.8) is 0 Å². The van der Waals surface area contributed by atoms with Gasteiger partial charge in [0.2, 0.25) is 0 Å². The molecule has 45 heavy (non-hydrogen) atoms. The highest BCUT2D eigenvalue weighted by Gasteiger charge is 2.71. The number of aliphatic hydroxyl groups is 5. The van der Waals surface area contributed by atoms with Gasteiger partial charge in [0.15, 0.2) is 6.10 Å². The average Bonchev–Trinajstić information content (AvgIpc) is 2.99. The minimum atomic E-state index is -2.22. The molecule has 0 heterocycles. The van der Waals surface area contributed by atoms with Crippen molar-refractivity contribution in [1.82, 2.24) is 0 Å². The third-order valence-electron chi connectivity index (χ3n) is 15.2. The van der Waals surface area contributed by atoms with Crippen LogP contribution >= 0.6 is 0 Å². The van der Waals surface area contributed by atoms with Crippen LogP contribution in [0.2, 0.25) is 0 Å². The summed E-state index contributed by atoms with van der Waals surface area (Å²) in [6.07, 6.45) is 1.80. The lowest BCUT2D eigenvalue weighted by molar-refractivity contribution is -0.233. The van der Waals surface area contributed by atoms with E-state index in [1.54, 1.807) is 12.5 Å². The summed E-state index contributed by atoms with van der Waals surface area (Å²) in [4.78, 5) is 26.2. The van der Waals surface area contributed by atoms with Crippen LogP contribution in [0.25, 0.3) is 0 Å². The second-order valence-corrected chi connectivity index (χ2v) is 17.0. The molecule has 0 aromatic carbocycles. The molecule has 5 aliphatic rings. The van der Waals surface area contributed by atoms with Gasteiger partial charge in [-0.1, -0.05) is 53.2 Å². The summed E-state index contributed by atoms with van der Waals surface area (Å²) in [5.41, 5.74) is 0.109. The van der Waals surface area contributed by atoms with E-state index in [0.717, 1.165) is 19.3 Å². The van der Waals surface area contributed by atoms with E-state index >= 15 is 0 Å². The van der Waals surface area contributed by atoms with Gasteiger partial charge in [0.1, 0.15) is 29.8 Å². The first-order chi connectivity index (χ1) is 20.8. The van der Waals surface area contributed by atoms with Crippen LogP contribution in [-0.4, -0.2) is 79.7 Å². The summed E-state index contributed by atoms with van der Waals surface area (Å²) in [6.45, 7) is 15.3. The Kier molecular flexibility index (Phi) is 8.95. The number of aliphatic hydroxyl groups excluding tert-OH is 5. The molecule has 6 N–H and O–H groups in total. The third-order valence-corrected chi connectivity index (χ3v) is 15.2. The van der Waals surface area contributed by atoms with E-state index in [0.29, 0.717) is 41.9 Å². The molecular formula is C36H58O9. The number of carboxylic acids is 1. The minimum absolute atomic E-state index is 0.0552. The lowest BCUT2D eigenvalue weighted by Crippen LogP contribution is -2.67. The molecule has 5 rings (SSSR count). The van der Waals surface area contributed by atoms with Crippen LogP contribution in [0.1, 0.15) is 106 Å². The first-order valence-corrected chi connectivity index (χ1v) is 17.3. The molecule has 15 atom stereocenters. The molecule has 4 fully saturated rings. The first kappa shape index (κ1) is 34.8. The van der Waals surface area contributed by atoms with Gasteiger partial charge < -0.3 is 35.4 Å². The van der Waals surface area contributed by atoms with Crippen molar-refractivity contribution in [2.24, 2.45) is 56.7 Å². The number of fused-ring (bicyclic) bond motifs is 7. The molecule has 11 unspecified atom stereocenters. The Balaban J connectivity index is 1.45. The smallest absolute Gasteiger partial charge is 0.338 e. The van der Waals surface area contributed by atoms with E-state index < -0.39 is 54.5 Å². The van der Waals surface area contributed by atoms with E-state index in [4.69, 9.17) is 9.84 Å². The summed E-state index contributed by atoms with van der Waals surface area (Å²) in [7, 11) is 0. The molecule has 256 valence electrons. The normalized spacial score (nSPS) is 48.7. The Morgan fingerprint density at radius 2 is 1.51 bits per heavy atom. The molecule has 5 aliphatic carbocycles. The quantitative estimate of drug-likeness (QED) is 0.179. The molecule has 0 aromatic rings. The maximum atomic E-state index is 13.2. The molecule has 0 aliphatic heterocycles.